The Labute approximate surface area is 155 Å². The minimum atomic E-state index is -4.68. The van der Waals surface area contributed by atoms with Crippen LogP contribution in [0.15, 0.2) is 28.8 Å². The van der Waals surface area contributed by atoms with E-state index in [9.17, 15) is 18.0 Å². The number of halogens is 3. The molecular formula is C18H22F3N3O3. The summed E-state index contributed by atoms with van der Waals surface area (Å²) >= 11 is 0. The van der Waals surface area contributed by atoms with Gasteiger partial charge in [0.05, 0.1) is 13.2 Å². The van der Waals surface area contributed by atoms with E-state index >= 15 is 0 Å². The zero-order valence-electron chi connectivity index (χ0n) is 15.4. The fourth-order valence-electron chi connectivity index (χ4n) is 2.19. The summed E-state index contributed by atoms with van der Waals surface area (Å²) < 4.78 is 41.9. The first-order chi connectivity index (χ1) is 12.8. The monoisotopic (exact) mass is 385 g/mol. The van der Waals surface area contributed by atoms with E-state index < -0.39 is 12.1 Å². The van der Waals surface area contributed by atoms with Crippen LogP contribution in [0, 0.1) is 5.92 Å². The highest BCUT2D eigenvalue weighted by molar-refractivity contribution is 5.77. The van der Waals surface area contributed by atoms with Gasteiger partial charge in [0, 0.05) is 11.5 Å². The van der Waals surface area contributed by atoms with Crippen LogP contribution in [0.5, 0.6) is 0 Å². The molecule has 0 aliphatic rings. The van der Waals surface area contributed by atoms with Gasteiger partial charge in [-0.3, -0.25) is 9.63 Å². The molecule has 1 unspecified atom stereocenters. The Morgan fingerprint density at radius 3 is 2.44 bits per heavy atom. The maximum atomic E-state index is 12.5. The van der Waals surface area contributed by atoms with E-state index in [1.54, 1.807) is 24.3 Å². The molecule has 27 heavy (non-hydrogen) atoms. The predicted octanol–water partition coefficient (Wildman–Crippen LogP) is 4.47. The molecule has 1 heterocycles. The maximum absolute atomic E-state index is 12.5. The van der Waals surface area contributed by atoms with Crippen molar-refractivity contribution in [1.82, 2.24) is 15.2 Å². The summed E-state index contributed by atoms with van der Waals surface area (Å²) in [6, 6.07) is 6.52. The molecule has 0 aliphatic heterocycles. The molecule has 0 bridgehead atoms. The summed E-state index contributed by atoms with van der Waals surface area (Å²) in [5.74, 6) is -1.81. The highest BCUT2D eigenvalue weighted by atomic mass is 19.4. The van der Waals surface area contributed by atoms with E-state index in [0.29, 0.717) is 18.6 Å². The molecule has 0 saturated heterocycles. The Morgan fingerprint density at radius 1 is 1.26 bits per heavy atom. The normalized spacial score (nSPS) is 12.8. The summed E-state index contributed by atoms with van der Waals surface area (Å²) in [4.78, 5) is 21.3. The Bertz CT molecular complexity index is 744. The molecule has 1 aromatic heterocycles. The first-order valence-electron chi connectivity index (χ1n) is 8.70. The third-order valence-electron chi connectivity index (χ3n) is 3.94. The van der Waals surface area contributed by atoms with Gasteiger partial charge in [-0.25, -0.2) is 5.06 Å². The second-order valence-corrected chi connectivity index (χ2v) is 6.14. The molecule has 0 aliphatic carbocycles. The van der Waals surface area contributed by atoms with Crippen LogP contribution in [-0.4, -0.2) is 27.7 Å². The van der Waals surface area contributed by atoms with Gasteiger partial charge in [-0.1, -0.05) is 50.2 Å². The molecule has 2 rings (SSSR count). The molecule has 0 saturated carbocycles. The van der Waals surface area contributed by atoms with Gasteiger partial charge in [0.2, 0.25) is 11.7 Å². The van der Waals surface area contributed by atoms with E-state index in [0.717, 1.165) is 12.0 Å². The summed E-state index contributed by atoms with van der Waals surface area (Å²) in [5.41, 5.74) is 1.15. The Balaban J connectivity index is 2.12. The number of aromatic nitrogens is 2. The Hall–Kier alpha value is -2.42. The number of carbonyl (C=O) groups is 1. The number of nitrogens with zero attached hydrogens (tertiary/aromatic N) is 3. The van der Waals surface area contributed by atoms with E-state index in [2.05, 4.69) is 14.7 Å². The van der Waals surface area contributed by atoms with Gasteiger partial charge in [0.25, 0.3) is 0 Å². The van der Waals surface area contributed by atoms with E-state index in [-0.39, 0.29) is 24.2 Å². The summed E-state index contributed by atoms with van der Waals surface area (Å²) in [5, 5.41) is 4.69. The number of hydrogen-bond donors (Lipinski definition) is 0. The van der Waals surface area contributed by atoms with Crippen LogP contribution < -0.4 is 0 Å². The van der Waals surface area contributed by atoms with Crippen molar-refractivity contribution in [3.8, 4) is 11.4 Å². The second kappa shape index (κ2) is 8.98. The van der Waals surface area contributed by atoms with Crippen molar-refractivity contribution in [3.63, 3.8) is 0 Å². The van der Waals surface area contributed by atoms with Crippen molar-refractivity contribution in [2.75, 3.05) is 6.61 Å². The summed E-state index contributed by atoms with van der Waals surface area (Å²) in [7, 11) is 0. The van der Waals surface area contributed by atoms with Crippen molar-refractivity contribution < 1.29 is 27.3 Å². The van der Waals surface area contributed by atoms with E-state index in [1.807, 2.05) is 20.8 Å². The first-order valence-corrected chi connectivity index (χ1v) is 8.70. The Kier molecular flexibility index (Phi) is 6.95. The van der Waals surface area contributed by atoms with Crippen LogP contribution in [0.3, 0.4) is 0 Å². The minimum Gasteiger partial charge on any atom is -0.329 e. The molecule has 148 valence electrons. The second-order valence-electron chi connectivity index (χ2n) is 6.14. The van der Waals surface area contributed by atoms with E-state index in [4.69, 9.17) is 4.84 Å². The molecule has 0 radical (unpaired) electrons. The fourth-order valence-corrected chi connectivity index (χ4v) is 2.19. The number of alkyl halides is 3. The third kappa shape index (κ3) is 5.53. The number of carbonyl (C=O) groups excluding carboxylic acids is 1. The topological polar surface area (TPSA) is 68.5 Å². The quantitative estimate of drug-likeness (QED) is 0.627. The van der Waals surface area contributed by atoms with Gasteiger partial charge in [-0.2, -0.15) is 18.2 Å². The van der Waals surface area contributed by atoms with Crippen molar-refractivity contribution in [2.24, 2.45) is 5.92 Å². The predicted molar refractivity (Wildman–Crippen MR) is 91.0 cm³/mol. The maximum Gasteiger partial charge on any atom is 0.471 e. The van der Waals surface area contributed by atoms with Crippen LogP contribution in [0.4, 0.5) is 13.2 Å². The number of amides is 1. The highest BCUT2D eigenvalue weighted by Crippen LogP contribution is 2.29. The van der Waals surface area contributed by atoms with Gasteiger partial charge < -0.3 is 4.52 Å². The minimum absolute atomic E-state index is 0.108. The van der Waals surface area contributed by atoms with E-state index in [1.165, 1.54) is 5.06 Å². The molecule has 0 N–H and O–H groups in total. The lowest BCUT2D eigenvalue weighted by molar-refractivity contribution is -0.194. The molecular weight excluding hydrogens is 363 g/mol. The highest BCUT2D eigenvalue weighted by Gasteiger charge is 2.38. The van der Waals surface area contributed by atoms with Crippen LogP contribution in [0.25, 0.3) is 11.4 Å². The molecule has 9 heteroatoms. The third-order valence-corrected chi connectivity index (χ3v) is 3.94. The summed E-state index contributed by atoms with van der Waals surface area (Å²) in [6.45, 7) is 6.37. The van der Waals surface area contributed by atoms with Crippen LogP contribution >= 0.6 is 0 Å². The van der Waals surface area contributed by atoms with Crippen molar-refractivity contribution >= 4 is 5.91 Å². The molecule has 6 nitrogen and oxygen atoms in total. The lowest BCUT2D eigenvalue weighted by atomic mass is 10.1. The van der Waals surface area contributed by atoms with Crippen molar-refractivity contribution in [3.05, 3.63) is 35.7 Å². The zero-order chi connectivity index (χ0) is 20.0. The van der Waals surface area contributed by atoms with Gasteiger partial charge in [0.15, 0.2) is 0 Å². The Morgan fingerprint density at radius 2 is 1.93 bits per heavy atom. The lowest BCUT2D eigenvalue weighted by Crippen LogP contribution is -2.35. The molecule has 0 spiro atoms. The number of hydrogen-bond acceptors (Lipinski definition) is 5. The van der Waals surface area contributed by atoms with Crippen LogP contribution in [0.1, 0.15) is 45.1 Å². The molecule has 2 aromatic rings. The number of rotatable bonds is 8. The summed E-state index contributed by atoms with van der Waals surface area (Å²) in [6.07, 6.45) is -3.22. The average Bonchev–Trinajstić information content (AvgIpc) is 3.15. The van der Waals surface area contributed by atoms with Gasteiger partial charge in [-0.05, 0) is 18.4 Å². The van der Waals surface area contributed by atoms with Crippen LogP contribution in [-0.2, 0) is 22.4 Å². The number of hydroxylamine groups is 2. The largest absolute Gasteiger partial charge is 0.471 e. The van der Waals surface area contributed by atoms with Crippen LogP contribution in [0.2, 0.25) is 0 Å². The fraction of sp³-hybridized carbons (Fsp3) is 0.500. The van der Waals surface area contributed by atoms with Crippen molar-refractivity contribution in [2.45, 2.75) is 46.3 Å². The number of benzene rings is 1. The molecule has 0 fully saturated rings. The molecule has 1 atom stereocenters. The molecule has 1 aromatic carbocycles. The van der Waals surface area contributed by atoms with Gasteiger partial charge in [-0.15, -0.1) is 0 Å². The smallest absolute Gasteiger partial charge is 0.329 e. The lowest BCUT2D eigenvalue weighted by Gasteiger charge is -2.24. The SMILES string of the molecule is CCCON(Cc1ccc(-c2noc(C(F)(F)F)n2)cc1)C(=O)C(C)CC. The van der Waals surface area contributed by atoms with Gasteiger partial charge >= 0.3 is 12.1 Å². The van der Waals surface area contributed by atoms with Crippen molar-refractivity contribution in [1.29, 1.82) is 0 Å². The zero-order valence-corrected chi connectivity index (χ0v) is 15.4. The standard InChI is InChI=1S/C18H22F3N3O3/c1-4-10-26-24(16(25)12(3)5-2)11-13-6-8-14(9-7-13)15-22-17(27-23-15)18(19,20)21/h6-9,12H,4-5,10-11H2,1-3H3. The average molecular weight is 385 g/mol. The van der Waals surface area contributed by atoms with Gasteiger partial charge in [0.1, 0.15) is 0 Å². The first kappa shape index (κ1) is 20.9. The molecule has 1 amide bonds.